The van der Waals surface area contributed by atoms with Gasteiger partial charge in [-0.15, -0.1) is 0 Å². The third-order valence-electron chi connectivity index (χ3n) is 1.97. The molecule has 1 heterocycles. The van der Waals surface area contributed by atoms with Gasteiger partial charge in [-0.2, -0.15) is 0 Å². The lowest BCUT2D eigenvalue weighted by Gasteiger charge is -1.97. The minimum Gasteiger partial charge on any atom is -0.464 e. The standard InChI is InChI=1S/C10H8BrO2/c1-6-2-8(11)3-9-7(4-12)5-13-10(6)9/h2-3,5,12H,1,4H2. The summed E-state index contributed by atoms with van der Waals surface area (Å²) >= 11 is 3.37. The molecule has 1 N–H and O–H groups in total. The molecule has 2 rings (SSSR count). The Hall–Kier alpha value is -0.800. The van der Waals surface area contributed by atoms with Crippen LogP contribution in [0.4, 0.5) is 0 Å². The summed E-state index contributed by atoms with van der Waals surface area (Å²) in [6.45, 7) is 3.84. The molecule has 0 fully saturated rings. The first-order chi connectivity index (χ1) is 6.22. The van der Waals surface area contributed by atoms with Crippen LogP contribution in [0.3, 0.4) is 0 Å². The molecule has 1 aromatic carbocycles. The van der Waals surface area contributed by atoms with Gasteiger partial charge in [0.25, 0.3) is 0 Å². The molecule has 0 atom stereocenters. The molecule has 0 saturated heterocycles. The molecular weight excluding hydrogens is 232 g/mol. The maximum Gasteiger partial charge on any atom is 0.137 e. The predicted octanol–water partition coefficient (Wildman–Crippen LogP) is 2.87. The number of benzene rings is 1. The van der Waals surface area contributed by atoms with E-state index in [4.69, 9.17) is 9.52 Å². The Bertz CT molecular complexity index is 445. The Morgan fingerprint density at radius 2 is 2.23 bits per heavy atom. The zero-order valence-electron chi connectivity index (χ0n) is 6.88. The molecule has 1 aromatic heterocycles. The number of rotatable bonds is 1. The summed E-state index contributed by atoms with van der Waals surface area (Å²) in [5, 5.41) is 9.93. The van der Waals surface area contributed by atoms with E-state index in [1.807, 2.05) is 12.1 Å². The molecule has 0 saturated carbocycles. The summed E-state index contributed by atoms with van der Waals surface area (Å²) in [7, 11) is 0. The average molecular weight is 240 g/mol. The lowest BCUT2D eigenvalue weighted by atomic mass is 10.1. The van der Waals surface area contributed by atoms with E-state index in [1.165, 1.54) is 0 Å². The van der Waals surface area contributed by atoms with Crippen molar-refractivity contribution in [3.63, 3.8) is 0 Å². The molecule has 0 aliphatic heterocycles. The topological polar surface area (TPSA) is 33.4 Å². The first-order valence-electron chi connectivity index (χ1n) is 3.85. The molecule has 67 valence electrons. The first-order valence-corrected chi connectivity index (χ1v) is 4.64. The second-order valence-electron chi connectivity index (χ2n) is 2.86. The van der Waals surface area contributed by atoms with Crippen molar-refractivity contribution in [3.05, 3.63) is 40.9 Å². The molecule has 0 amide bonds. The summed E-state index contributed by atoms with van der Waals surface area (Å²) in [6, 6.07) is 3.80. The van der Waals surface area contributed by atoms with Crippen LogP contribution in [0.25, 0.3) is 11.0 Å². The monoisotopic (exact) mass is 239 g/mol. The number of hydrogen-bond acceptors (Lipinski definition) is 2. The Morgan fingerprint density at radius 1 is 1.46 bits per heavy atom. The summed E-state index contributed by atoms with van der Waals surface area (Å²) in [4.78, 5) is 0. The quantitative estimate of drug-likeness (QED) is 0.831. The van der Waals surface area contributed by atoms with E-state index in [2.05, 4.69) is 22.9 Å². The highest BCUT2D eigenvalue weighted by Gasteiger charge is 2.07. The van der Waals surface area contributed by atoms with Gasteiger partial charge in [-0.1, -0.05) is 15.9 Å². The number of furan rings is 1. The number of aliphatic hydroxyl groups is 1. The maximum atomic E-state index is 9.01. The smallest absolute Gasteiger partial charge is 0.137 e. The van der Waals surface area contributed by atoms with Crippen LogP contribution < -0.4 is 0 Å². The number of halogens is 1. The number of hydrogen-bond donors (Lipinski definition) is 1. The first kappa shape index (κ1) is 8.78. The normalized spacial score (nSPS) is 11.0. The van der Waals surface area contributed by atoms with Crippen LogP contribution in [0.5, 0.6) is 0 Å². The Morgan fingerprint density at radius 3 is 2.92 bits per heavy atom. The van der Waals surface area contributed by atoms with Crippen LogP contribution in [-0.4, -0.2) is 5.11 Å². The Balaban J connectivity index is 2.82. The molecule has 3 heteroatoms. The van der Waals surface area contributed by atoms with Crippen molar-refractivity contribution in [1.82, 2.24) is 0 Å². The molecule has 0 bridgehead atoms. The second kappa shape index (κ2) is 3.16. The fraction of sp³-hybridized carbons (Fsp3) is 0.100. The SMILES string of the molecule is [CH2]c1cc(Br)cc2c(CO)coc12. The van der Waals surface area contributed by atoms with Gasteiger partial charge < -0.3 is 9.52 Å². The average Bonchev–Trinajstić information content (AvgIpc) is 2.47. The molecule has 0 unspecified atom stereocenters. The lowest BCUT2D eigenvalue weighted by Crippen LogP contribution is -1.80. The van der Waals surface area contributed by atoms with Gasteiger partial charge in [-0.05, 0) is 24.6 Å². The minimum atomic E-state index is -0.0110. The molecule has 2 nitrogen and oxygen atoms in total. The zero-order valence-corrected chi connectivity index (χ0v) is 8.47. The van der Waals surface area contributed by atoms with Gasteiger partial charge in [0.1, 0.15) is 5.58 Å². The number of aliphatic hydroxyl groups excluding tert-OH is 1. The van der Waals surface area contributed by atoms with Crippen LogP contribution >= 0.6 is 15.9 Å². The molecule has 2 aromatic rings. The molecule has 1 radical (unpaired) electrons. The van der Waals surface area contributed by atoms with Crippen LogP contribution in [-0.2, 0) is 6.61 Å². The summed E-state index contributed by atoms with van der Waals surface area (Å²) in [6.07, 6.45) is 1.56. The van der Waals surface area contributed by atoms with E-state index >= 15 is 0 Å². The van der Waals surface area contributed by atoms with E-state index in [-0.39, 0.29) is 6.61 Å². The zero-order chi connectivity index (χ0) is 9.42. The largest absolute Gasteiger partial charge is 0.464 e. The highest BCUT2D eigenvalue weighted by molar-refractivity contribution is 9.10. The predicted molar refractivity (Wildman–Crippen MR) is 54.3 cm³/mol. The summed E-state index contributed by atoms with van der Waals surface area (Å²) in [5.41, 5.74) is 2.36. The van der Waals surface area contributed by atoms with Gasteiger partial charge in [0.05, 0.1) is 12.9 Å². The third-order valence-corrected chi connectivity index (χ3v) is 2.42. The van der Waals surface area contributed by atoms with Crippen molar-refractivity contribution in [2.45, 2.75) is 6.61 Å². The molecule has 0 spiro atoms. The molecule has 13 heavy (non-hydrogen) atoms. The van der Waals surface area contributed by atoms with Crippen LogP contribution in [0.15, 0.2) is 27.3 Å². The highest BCUT2D eigenvalue weighted by atomic mass is 79.9. The van der Waals surface area contributed by atoms with Crippen molar-refractivity contribution >= 4 is 26.9 Å². The second-order valence-corrected chi connectivity index (χ2v) is 3.78. The van der Waals surface area contributed by atoms with Gasteiger partial charge >= 0.3 is 0 Å². The van der Waals surface area contributed by atoms with E-state index in [1.54, 1.807) is 6.26 Å². The van der Waals surface area contributed by atoms with E-state index in [0.717, 1.165) is 26.6 Å². The van der Waals surface area contributed by atoms with Crippen LogP contribution in [0, 0.1) is 6.92 Å². The Labute approximate surface area is 84.3 Å². The van der Waals surface area contributed by atoms with E-state index < -0.39 is 0 Å². The molecular formula is C10H8BrO2. The van der Waals surface area contributed by atoms with Gasteiger partial charge in [0.15, 0.2) is 0 Å². The maximum absolute atomic E-state index is 9.01. The van der Waals surface area contributed by atoms with Gasteiger partial charge in [0.2, 0.25) is 0 Å². The van der Waals surface area contributed by atoms with Crippen molar-refractivity contribution in [2.75, 3.05) is 0 Å². The van der Waals surface area contributed by atoms with Gasteiger partial charge in [-0.25, -0.2) is 0 Å². The molecule has 0 aliphatic carbocycles. The van der Waals surface area contributed by atoms with Crippen molar-refractivity contribution in [1.29, 1.82) is 0 Å². The third kappa shape index (κ3) is 1.38. The fourth-order valence-electron chi connectivity index (χ4n) is 1.34. The molecule has 0 aliphatic rings. The number of fused-ring (bicyclic) bond motifs is 1. The Kier molecular flexibility index (Phi) is 2.14. The minimum absolute atomic E-state index is 0.0110. The summed E-state index contributed by atoms with van der Waals surface area (Å²) in [5.74, 6) is 0. The van der Waals surface area contributed by atoms with Crippen molar-refractivity contribution in [2.24, 2.45) is 0 Å². The van der Waals surface area contributed by atoms with Crippen LogP contribution in [0.2, 0.25) is 0 Å². The highest BCUT2D eigenvalue weighted by Crippen LogP contribution is 2.28. The van der Waals surface area contributed by atoms with E-state index in [9.17, 15) is 0 Å². The van der Waals surface area contributed by atoms with Crippen molar-refractivity contribution < 1.29 is 9.52 Å². The van der Waals surface area contributed by atoms with Crippen molar-refractivity contribution in [3.8, 4) is 0 Å². The van der Waals surface area contributed by atoms with Gasteiger partial charge in [-0.3, -0.25) is 0 Å². The lowest BCUT2D eigenvalue weighted by molar-refractivity contribution is 0.281. The summed E-state index contributed by atoms with van der Waals surface area (Å²) < 4.78 is 6.23. The van der Waals surface area contributed by atoms with Crippen LogP contribution in [0.1, 0.15) is 11.1 Å². The fourth-order valence-corrected chi connectivity index (χ4v) is 1.85. The van der Waals surface area contributed by atoms with Gasteiger partial charge in [0, 0.05) is 15.4 Å². The van der Waals surface area contributed by atoms with E-state index in [0.29, 0.717) is 0 Å².